The topological polar surface area (TPSA) is 27.6 Å². The van der Waals surface area contributed by atoms with E-state index >= 15 is 0 Å². The van der Waals surface area contributed by atoms with Crippen molar-refractivity contribution in [1.29, 1.82) is 0 Å². The minimum absolute atomic E-state index is 0.992. The zero-order valence-electron chi connectivity index (χ0n) is 7.51. The Hall–Kier alpha value is -2.03. The average molecular weight is 183 g/mol. The minimum Gasteiger partial charge on any atom is -0.345 e. The number of rotatable bonds is 0. The van der Waals surface area contributed by atoms with E-state index in [0.29, 0.717) is 0 Å². The molecule has 0 amide bonds. The molecule has 0 unspecified atom stereocenters. The standard InChI is InChI=1S/C11H9N3/c1-2-4-10-9(3-1)7-12-8-11-13-5-6-14(10)11/h1-8,13H. The van der Waals surface area contributed by atoms with Gasteiger partial charge in [0.1, 0.15) is 5.82 Å². The van der Waals surface area contributed by atoms with Gasteiger partial charge in [-0.25, -0.2) is 0 Å². The largest absolute Gasteiger partial charge is 0.345 e. The summed E-state index contributed by atoms with van der Waals surface area (Å²) in [5, 5.41) is 3.13. The highest BCUT2D eigenvalue weighted by Gasteiger charge is 2.16. The number of aliphatic imine (C=N–C) groups is 1. The molecule has 0 atom stereocenters. The number of anilines is 1. The van der Waals surface area contributed by atoms with Gasteiger partial charge < -0.3 is 10.2 Å². The third kappa shape index (κ3) is 0.956. The summed E-state index contributed by atoms with van der Waals surface area (Å²) in [6.45, 7) is 0. The third-order valence-corrected chi connectivity index (χ3v) is 2.32. The number of fused-ring (bicyclic) bond motifs is 3. The molecule has 3 rings (SSSR count). The Labute approximate surface area is 82.1 Å². The Bertz CT molecular complexity index is 457. The maximum absolute atomic E-state index is 4.22. The second-order valence-electron chi connectivity index (χ2n) is 3.18. The van der Waals surface area contributed by atoms with Gasteiger partial charge in [-0.05, 0) is 6.07 Å². The van der Waals surface area contributed by atoms with Crippen molar-refractivity contribution in [2.24, 2.45) is 4.99 Å². The summed E-state index contributed by atoms with van der Waals surface area (Å²) < 4.78 is 0. The smallest absolute Gasteiger partial charge is 0.133 e. The zero-order chi connectivity index (χ0) is 9.38. The van der Waals surface area contributed by atoms with Crippen molar-refractivity contribution >= 4 is 11.9 Å². The molecule has 2 aliphatic heterocycles. The van der Waals surface area contributed by atoms with E-state index < -0.39 is 0 Å². The lowest BCUT2D eigenvalue weighted by Crippen LogP contribution is -2.17. The first kappa shape index (κ1) is 7.38. The number of nitrogens with zero attached hydrogens (tertiary/aromatic N) is 2. The van der Waals surface area contributed by atoms with Gasteiger partial charge in [0.2, 0.25) is 0 Å². The molecule has 0 aliphatic carbocycles. The van der Waals surface area contributed by atoms with Gasteiger partial charge in [0.25, 0.3) is 0 Å². The van der Waals surface area contributed by atoms with Crippen molar-refractivity contribution in [3.8, 4) is 0 Å². The van der Waals surface area contributed by atoms with Crippen LogP contribution in [0.1, 0.15) is 5.56 Å². The van der Waals surface area contributed by atoms with Gasteiger partial charge in [0.05, 0.1) is 11.9 Å². The first-order valence-corrected chi connectivity index (χ1v) is 4.50. The van der Waals surface area contributed by atoms with Gasteiger partial charge in [0, 0.05) is 24.2 Å². The summed E-state index contributed by atoms with van der Waals surface area (Å²) in [7, 11) is 0. The Kier molecular flexibility index (Phi) is 1.44. The molecule has 1 N–H and O–H groups in total. The molecule has 0 aromatic heterocycles. The van der Waals surface area contributed by atoms with Crippen LogP contribution in [0.5, 0.6) is 0 Å². The normalized spacial score (nSPS) is 16.9. The second kappa shape index (κ2) is 2.73. The molecular weight excluding hydrogens is 174 g/mol. The highest BCUT2D eigenvalue weighted by molar-refractivity contribution is 5.90. The lowest BCUT2D eigenvalue weighted by atomic mass is 10.2. The molecule has 14 heavy (non-hydrogen) atoms. The van der Waals surface area contributed by atoms with Crippen molar-refractivity contribution in [2.45, 2.75) is 0 Å². The van der Waals surface area contributed by atoms with Crippen LogP contribution in [0, 0.1) is 0 Å². The molecule has 1 aromatic rings. The molecule has 0 bridgehead atoms. The van der Waals surface area contributed by atoms with E-state index in [9.17, 15) is 0 Å². The van der Waals surface area contributed by atoms with Crippen LogP contribution in [0.25, 0.3) is 0 Å². The van der Waals surface area contributed by atoms with E-state index in [1.165, 1.54) is 0 Å². The van der Waals surface area contributed by atoms with Gasteiger partial charge in [0.15, 0.2) is 0 Å². The molecule has 3 nitrogen and oxygen atoms in total. The van der Waals surface area contributed by atoms with Gasteiger partial charge in [-0.15, -0.1) is 0 Å². The first-order chi connectivity index (χ1) is 6.95. The summed E-state index contributed by atoms with van der Waals surface area (Å²) in [4.78, 5) is 6.31. The highest BCUT2D eigenvalue weighted by atomic mass is 15.3. The Morgan fingerprint density at radius 3 is 3.14 bits per heavy atom. The van der Waals surface area contributed by atoms with E-state index in [0.717, 1.165) is 17.1 Å². The Morgan fingerprint density at radius 2 is 2.14 bits per heavy atom. The van der Waals surface area contributed by atoms with E-state index in [4.69, 9.17) is 0 Å². The maximum Gasteiger partial charge on any atom is 0.133 e. The lowest BCUT2D eigenvalue weighted by Gasteiger charge is -2.17. The second-order valence-corrected chi connectivity index (χ2v) is 3.18. The number of benzene rings is 1. The van der Waals surface area contributed by atoms with Gasteiger partial charge in [-0.3, -0.25) is 4.99 Å². The van der Waals surface area contributed by atoms with Crippen LogP contribution in [-0.4, -0.2) is 6.21 Å². The van der Waals surface area contributed by atoms with Crippen LogP contribution >= 0.6 is 0 Å². The fourth-order valence-electron chi connectivity index (χ4n) is 1.66. The first-order valence-electron chi connectivity index (χ1n) is 4.50. The predicted octanol–water partition coefficient (Wildman–Crippen LogP) is 1.80. The monoisotopic (exact) mass is 183 g/mol. The van der Waals surface area contributed by atoms with Crippen LogP contribution in [0.3, 0.4) is 0 Å². The summed E-state index contributed by atoms with van der Waals surface area (Å²) >= 11 is 0. The number of hydrogen-bond acceptors (Lipinski definition) is 3. The summed E-state index contributed by atoms with van der Waals surface area (Å²) in [5.41, 5.74) is 2.29. The molecule has 0 radical (unpaired) electrons. The van der Waals surface area contributed by atoms with Gasteiger partial charge >= 0.3 is 0 Å². The molecule has 2 aliphatic rings. The zero-order valence-corrected chi connectivity index (χ0v) is 7.51. The Morgan fingerprint density at radius 1 is 1.21 bits per heavy atom. The SMILES string of the molecule is C1=CN2C(=CN=Cc3ccccc32)N1. The summed E-state index contributed by atoms with van der Waals surface area (Å²) in [6, 6.07) is 8.18. The van der Waals surface area contributed by atoms with Crippen molar-refractivity contribution in [3.05, 3.63) is 54.2 Å². The molecule has 2 heterocycles. The molecule has 0 saturated heterocycles. The average Bonchev–Trinajstić information content (AvgIpc) is 2.61. The van der Waals surface area contributed by atoms with Crippen LogP contribution in [0.4, 0.5) is 5.69 Å². The van der Waals surface area contributed by atoms with Crippen LogP contribution in [0.15, 0.2) is 53.7 Å². The highest BCUT2D eigenvalue weighted by Crippen LogP contribution is 2.26. The van der Waals surface area contributed by atoms with E-state index in [-0.39, 0.29) is 0 Å². The predicted molar refractivity (Wildman–Crippen MR) is 56.9 cm³/mol. The molecule has 3 heteroatoms. The number of hydrogen-bond donors (Lipinski definition) is 1. The van der Waals surface area contributed by atoms with E-state index in [1.807, 2.05) is 36.9 Å². The summed E-state index contributed by atoms with van der Waals surface area (Å²) in [6.07, 6.45) is 7.60. The maximum atomic E-state index is 4.22. The molecule has 0 saturated carbocycles. The molecule has 68 valence electrons. The third-order valence-electron chi connectivity index (χ3n) is 2.32. The number of para-hydroxylation sites is 1. The van der Waals surface area contributed by atoms with E-state index in [1.54, 1.807) is 0 Å². The van der Waals surface area contributed by atoms with Crippen LogP contribution < -0.4 is 10.2 Å². The van der Waals surface area contributed by atoms with Gasteiger partial charge in [-0.2, -0.15) is 0 Å². The quantitative estimate of drug-likeness (QED) is 0.664. The van der Waals surface area contributed by atoms with Gasteiger partial charge in [-0.1, -0.05) is 18.2 Å². The summed E-state index contributed by atoms with van der Waals surface area (Å²) in [5.74, 6) is 0.992. The van der Waals surface area contributed by atoms with Crippen molar-refractivity contribution in [1.82, 2.24) is 5.32 Å². The fraction of sp³-hybridized carbons (Fsp3) is 0. The molecule has 0 spiro atoms. The lowest BCUT2D eigenvalue weighted by molar-refractivity contribution is 1.04. The van der Waals surface area contributed by atoms with Crippen LogP contribution in [-0.2, 0) is 0 Å². The van der Waals surface area contributed by atoms with Crippen LogP contribution in [0.2, 0.25) is 0 Å². The Balaban J connectivity index is 2.21. The van der Waals surface area contributed by atoms with E-state index in [2.05, 4.69) is 27.3 Å². The van der Waals surface area contributed by atoms with Crippen molar-refractivity contribution in [2.75, 3.05) is 4.90 Å². The van der Waals surface area contributed by atoms with Crippen molar-refractivity contribution in [3.63, 3.8) is 0 Å². The minimum atomic E-state index is 0.992. The molecule has 1 aromatic carbocycles. The fourth-order valence-corrected chi connectivity index (χ4v) is 1.66. The molecule has 0 fully saturated rings. The molecular formula is C11H9N3. The van der Waals surface area contributed by atoms with Crippen molar-refractivity contribution < 1.29 is 0 Å². The number of nitrogens with one attached hydrogen (secondary N) is 1.